The highest BCUT2D eigenvalue weighted by Gasteiger charge is 2.32. The number of amides is 1. The van der Waals surface area contributed by atoms with Crippen LogP contribution in [0.1, 0.15) is 12.0 Å². The summed E-state index contributed by atoms with van der Waals surface area (Å²) in [7, 11) is 1.65. The van der Waals surface area contributed by atoms with Crippen LogP contribution in [-0.2, 0) is 4.79 Å². The Morgan fingerprint density at radius 3 is 2.84 bits per heavy atom. The molecule has 1 aliphatic rings. The van der Waals surface area contributed by atoms with Crippen LogP contribution in [0.5, 0.6) is 5.75 Å². The summed E-state index contributed by atoms with van der Waals surface area (Å²) in [6.45, 7) is 0.563. The number of benzene rings is 1. The first-order valence-electron chi connectivity index (χ1n) is 5.63. The van der Waals surface area contributed by atoms with Crippen molar-refractivity contribution in [2.24, 2.45) is 0 Å². The number of nitriles is 1. The summed E-state index contributed by atoms with van der Waals surface area (Å²) in [4.78, 5) is 23.5. The van der Waals surface area contributed by atoms with Crippen molar-refractivity contribution in [1.82, 2.24) is 4.90 Å². The van der Waals surface area contributed by atoms with Crippen LogP contribution in [-0.4, -0.2) is 35.4 Å². The van der Waals surface area contributed by atoms with E-state index < -0.39 is 11.0 Å². The molecule has 1 saturated heterocycles. The van der Waals surface area contributed by atoms with Gasteiger partial charge in [-0.2, -0.15) is 5.26 Å². The van der Waals surface area contributed by atoms with E-state index in [1.807, 2.05) is 6.07 Å². The van der Waals surface area contributed by atoms with Gasteiger partial charge < -0.3 is 9.64 Å². The summed E-state index contributed by atoms with van der Waals surface area (Å²) in [5.74, 6) is -0.184. The number of carbonyl (C=O) groups is 1. The maximum Gasteiger partial charge on any atom is 0.312 e. The number of rotatable bonds is 3. The second-order valence-corrected chi connectivity index (χ2v) is 4.21. The van der Waals surface area contributed by atoms with E-state index in [1.54, 1.807) is 7.05 Å². The van der Waals surface area contributed by atoms with E-state index in [9.17, 15) is 14.9 Å². The second kappa shape index (κ2) is 4.94. The van der Waals surface area contributed by atoms with Crippen molar-refractivity contribution in [3.8, 4) is 11.8 Å². The highest BCUT2D eigenvalue weighted by molar-refractivity contribution is 5.83. The molecule has 0 spiro atoms. The average Bonchev–Trinajstić information content (AvgIpc) is 2.71. The van der Waals surface area contributed by atoms with Crippen LogP contribution in [0.25, 0.3) is 0 Å². The van der Waals surface area contributed by atoms with Crippen LogP contribution >= 0.6 is 0 Å². The molecule has 1 unspecified atom stereocenters. The van der Waals surface area contributed by atoms with E-state index in [4.69, 9.17) is 10.00 Å². The fraction of sp³-hybridized carbons (Fsp3) is 0.333. The van der Waals surface area contributed by atoms with Crippen molar-refractivity contribution in [3.05, 3.63) is 33.9 Å². The Hall–Kier alpha value is -2.62. The zero-order valence-electron chi connectivity index (χ0n) is 10.2. The van der Waals surface area contributed by atoms with E-state index in [0.29, 0.717) is 13.0 Å². The molecule has 19 heavy (non-hydrogen) atoms. The lowest BCUT2D eigenvalue weighted by atomic mass is 10.2. The van der Waals surface area contributed by atoms with Gasteiger partial charge in [0, 0.05) is 26.1 Å². The average molecular weight is 261 g/mol. The molecule has 0 aliphatic carbocycles. The van der Waals surface area contributed by atoms with E-state index in [0.717, 1.165) is 6.07 Å². The Labute approximate surface area is 109 Å². The maximum atomic E-state index is 11.7. The van der Waals surface area contributed by atoms with E-state index in [-0.39, 0.29) is 22.9 Å². The van der Waals surface area contributed by atoms with E-state index >= 15 is 0 Å². The highest BCUT2D eigenvalue weighted by Crippen LogP contribution is 2.30. The zero-order valence-corrected chi connectivity index (χ0v) is 10.2. The molecule has 7 heteroatoms. The summed E-state index contributed by atoms with van der Waals surface area (Å²) >= 11 is 0. The molecule has 0 bridgehead atoms. The fourth-order valence-electron chi connectivity index (χ4n) is 1.88. The van der Waals surface area contributed by atoms with Crippen molar-refractivity contribution >= 4 is 11.6 Å². The largest absolute Gasteiger partial charge is 0.473 e. The lowest BCUT2D eigenvalue weighted by molar-refractivity contribution is -0.386. The SMILES string of the molecule is CN1CCC(Oc2ccc(C#N)cc2[N+](=O)[O-])C1=O. The minimum Gasteiger partial charge on any atom is -0.473 e. The Bertz CT molecular complexity index is 579. The maximum absolute atomic E-state index is 11.7. The third-order valence-corrected chi connectivity index (χ3v) is 2.93. The lowest BCUT2D eigenvalue weighted by Crippen LogP contribution is -2.29. The fourth-order valence-corrected chi connectivity index (χ4v) is 1.88. The molecule has 0 saturated carbocycles. The molecule has 7 nitrogen and oxygen atoms in total. The first-order chi connectivity index (χ1) is 9.02. The normalized spacial score (nSPS) is 18.2. The molecule has 1 heterocycles. The predicted octanol–water partition coefficient (Wildman–Crippen LogP) is 1.08. The summed E-state index contributed by atoms with van der Waals surface area (Å²) in [5.41, 5.74) is -0.129. The topological polar surface area (TPSA) is 96.5 Å². The van der Waals surface area contributed by atoms with Crippen LogP contribution in [0.4, 0.5) is 5.69 Å². The third kappa shape index (κ3) is 2.47. The van der Waals surface area contributed by atoms with Gasteiger partial charge in [-0.05, 0) is 12.1 Å². The Balaban J connectivity index is 2.28. The van der Waals surface area contributed by atoms with Gasteiger partial charge in [0.25, 0.3) is 5.91 Å². The van der Waals surface area contributed by atoms with Crippen LogP contribution in [0.2, 0.25) is 0 Å². The van der Waals surface area contributed by atoms with Gasteiger partial charge in [-0.15, -0.1) is 0 Å². The minimum absolute atomic E-state index is 0.0117. The monoisotopic (exact) mass is 261 g/mol. The van der Waals surface area contributed by atoms with E-state index in [1.165, 1.54) is 17.0 Å². The van der Waals surface area contributed by atoms with Crippen molar-refractivity contribution < 1.29 is 14.5 Å². The number of carbonyl (C=O) groups excluding carboxylic acids is 1. The molecule has 1 aliphatic heterocycles. The third-order valence-electron chi connectivity index (χ3n) is 2.93. The van der Waals surface area contributed by atoms with Crippen LogP contribution in [0.15, 0.2) is 18.2 Å². The number of ether oxygens (including phenoxy) is 1. The molecular formula is C12H11N3O4. The molecule has 0 radical (unpaired) electrons. The highest BCUT2D eigenvalue weighted by atomic mass is 16.6. The predicted molar refractivity (Wildman–Crippen MR) is 64.5 cm³/mol. The first kappa shape index (κ1) is 12.8. The Morgan fingerprint density at radius 2 is 2.32 bits per heavy atom. The summed E-state index contributed by atoms with van der Waals surface area (Å²) in [6, 6.07) is 5.73. The summed E-state index contributed by atoms with van der Waals surface area (Å²) < 4.78 is 5.41. The van der Waals surface area contributed by atoms with Crippen molar-refractivity contribution in [1.29, 1.82) is 5.26 Å². The number of nitro benzene ring substituents is 1. The smallest absolute Gasteiger partial charge is 0.312 e. The Kier molecular flexibility index (Phi) is 3.33. The van der Waals surface area contributed by atoms with Gasteiger partial charge in [-0.3, -0.25) is 14.9 Å². The Morgan fingerprint density at radius 1 is 1.58 bits per heavy atom. The van der Waals surface area contributed by atoms with Gasteiger partial charge in [0.1, 0.15) is 0 Å². The van der Waals surface area contributed by atoms with Gasteiger partial charge in [0.15, 0.2) is 11.9 Å². The van der Waals surface area contributed by atoms with Gasteiger partial charge in [-0.25, -0.2) is 0 Å². The summed E-state index contributed by atoms with van der Waals surface area (Å²) in [5, 5.41) is 19.7. The molecule has 1 aromatic rings. The standard InChI is InChI=1S/C12H11N3O4/c1-14-5-4-11(12(14)16)19-10-3-2-8(7-13)6-9(10)15(17)18/h2-3,6,11H,4-5H2,1H3. The van der Waals surface area contributed by atoms with Crippen LogP contribution in [0, 0.1) is 21.4 Å². The molecule has 1 amide bonds. The van der Waals surface area contributed by atoms with Crippen LogP contribution < -0.4 is 4.74 Å². The van der Waals surface area contributed by atoms with Gasteiger partial charge in [0.05, 0.1) is 16.6 Å². The molecule has 98 valence electrons. The number of nitrogens with zero attached hydrogens (tertiary/aromatic N) is 3. The number of likely N-dealkylation sites (tertiary alicyclic amines) is 1. The first-order valence-corrected chi connectivity index (χ1v) is 5.63. The number of hydrogen-bond acceptors (Lipinski definition) is 5. The second-order valence-electron chi connectivity index (χ2n) is 4.21. The van der Waals surface area contributed by atoms with Crippen LogP contribution in [0.3, 0.4) is 0 Å². The van der Waals surface area contributed by atoms with Crippen molar-refractivity contribution in [3.63, 3.8) is 0 Å². The lowest BCUT2D eigenvalue weighted by Gasteiger charge is -2.12. The molecular weight excluding hydrogens is 250 g/mol. The zero-order chi connectivity index (χ0) is 14.0. The minimum atomic E-state index is -0.698. The van der Waals surface area contributed by atoms with Crippen molar-refractivity contribution in [2.45, 2.75) is 12.5 Å². The number of likely N-dealkylation sites (N-methyl/N-ethyl adjacent to an activating group) is 1. The summed E-state index contributed by atoms with van der Waals surface area (Å²) in [6.07, 6.45) is -0.205. The number of nitro groups is 1. The molecule has 0 N–H and O–H groups in total. The molecule has 1 fully saturated rings. The van der Waals surface area contributed by atoms with Gasteiger partial charge in [-0.1, -0.05) is 0 Å². The van der Waals surface area contributed by atoms with Crippen molar-refractivity contribution in [2.75, 3.05) is 13.6 Å². The molecule has 1 aromatic carbocycles. The number of hydrogen-bond donors (Lipinski definition) is 0. The van der Waals surface area contributed by atoms with Gasteiger partial charge in [0.2, 0.25) is 0 Å². The molecule has 2 rings (SSSR count). The van der Waals surface area contributed by atoms with E-state index in [2.05, 4.69) is 0 Å². The molecule has 0 aromatic heterocycles. The molecule has 1 atom stereocenters. The quantitative estimate of drug-likeness (QED) is 0.599. The van der Waals surface area contributed by atoms with Gasteiger partial charge >= 0.3 is 5.69 Å².